The zero-order chi connectivity index (χ0) is 14.5. The van der Waals surface area contributed by atoms with Gasteiger partial charge in [-0.15, -0.1) is 0 Å². The maximum Gasteiger partial charge on any atom is 0.186 e. The molecule has 0 heterocycles. The van der Waals surface area contributed by atoms with Crippen molar-refractivity contribution in [3.63, 3.8) is 0 Å². The Hall–Kier alpha value is -2.55. The van der Waals surface area contributed by atoms with Gasteiger partial charge in [-0.3, -0.25) is 4.79 Å². The third kappa shape index (κ3) is 2.88. The molecule has 0 radical (unpaired) electrons. The lowest BCUT2D eigenvalue weighted by atomic mass is 10.0. The van der Waals surface area contributed by atoms with Crippen LogP contribution in [0.4, 0.5) is 0 Å². The highest BCUT2D eigenvalue weighted by atomic mass is 16.5. The van der Waals surface area contributed by atoms with Gasteiger partial charge >= 0.3 is 0 Å². The van der Waals surface area contributed by atoms with Crippen LogP contribution in [0.25, 0.3) is 6.08 Å². The summed E-state index contributed by atoms with van der Waals surface area (Å²) in [5.41, 5.74) is 2.13. The molecule has 0 unspecified atom stereocenters. The van der Waals surface area contributed by atoms with Crippen LogP contribution in [-0.2, 0) is 0 Å². The largest absolute Gasteiger partial charge is 0.504 e. The van der Waals surface area contributed by atoms with Gasteiger partial charge in [0, 0.05) is 11.1 Å². The first-order valence-electron chi connectivity index (χ1n) is 6.27. The topological polar surface area (TPSA) is 46.5 Å². The molecular weight excluding hydrogens is 252 g/mol. The molecule has 0 fully saturated rings. The van der Waals surface area contributed by atoms with Gasteiger partial charge in [-0.05, 0) is 30.7 Å². The summed E-state index contributed by atoms with van der Waals surface area (Å²) in [5, 5.41) is 9.94. The normalized spacial score (nSPS) is 10.7. The summed E-state index contributed by atoms with van der Waals surface area (Å²) in [6.07, 6.45) is 3.05. The second kappa shape index (κ2) is 6.06. The van der Waals surface area contributed by atoms with Crippen LogP contribution < -0.4 is 4.74 Å². The molecule has 2 aromatic carbocycles. The molecule has 0 atom stereocenters. The second-order valence-electron chi connectivity index (χ2n) is 4.41. The molecule has 2 aromatic rings. The highest BCUT2D eigenvalue weighted by Crippen LogP contribution is 2.30. The van der Waals surface area contributed by atoms with Crippen LogP contribution >= 0.6 is 0 Å². The van der Waals surface area contributed by atoms with Gasteiger partial charge < -0.3 is 9.84 Å². The van der Waals surface area contributed by atoms with Crippen molar-refractivity contribution in [1.82, 2.24) is 0 Å². The van der Waals surface area contributed by atoms with Crippen LogP contribution in [0.5, 0.6) is 11.5 Å². The average Bonchev–Trinajstić information content (AvgIpc) is 2.46. The van der Waals surface area contributed by atoms with E-state index in [-0.39, 0.29) is 11.5 Å². The summed E-state index contributed by atoms with van der Waals surface area (Å²) in [4.78, 5) is 12.1. The first-order valence-corrected chi connectivity index (χ1v) is 6.27. The summed E-state index contributed by atoms with van der Waals surface area (Å²) < 4.78 is 5.03. The predicted octanol–water partition coefficient (Wildman–Crippen LogP) is 3.61. The Bertz CT molecular complexity index is 657. The molecule has 0 amide bonds. The number of aromatic hydroxyl groups is 1. The number of allylic oxidation sites excluding steroid dienone is 1. The number of ether oxygens (including phenoxy) is 1. The fourth-order valence-electron chi connectivity index (χ4n) is 1.94. The molecule has 0 aliphatic carbocycles. The smallest absolute Gasteiger partial charge is 0.186 e. The molecule has 3 heteroatoms. The molecular formula is C17H16O3. The van der Waals surface area contributed by atoms with Crippen molar-refractivity contribution in [1.29, 1.82) is 0 Å². The molecule has 20 heavy (non-hydrogen) atoms. The number of rotatable bonds is 4. The zero-order valence-corrected chi connectivity index (χ0v) is 11.5. The van der Waals surface area contributed by atoms with Gasteiger partial charge in [-0.2, -0.15) is 0 Å². The van der Waals surface area contributed by atoms with Crippen molar-refractivity contribution in [2.45, 2.75) is 6.92 Å². The van der Waals surface area contributed by atoms with Crippen LogP contribution in [-0.4, -0.2) is 18.0 Å². The predicted molar refractivity (Wildman–Crippen MR) is 79.2 cm³/mol. The Morgan fingerprint density at radius 3 is 2.60 bits per heavy atom. The Kier molecular flexibility index (Phi) is 4.20. The van der Waals surface area contributed by atoms with E-state index in [1.807, 2.05) is 25.1 Å². The maximum absolute atomic E-state index is 12.1. The summed E-state index contributed by atoms with van der Waals surface area (Å²) in [6, 6.07) is 12.5. The summed E-state index contributed by atoms with van der Waals surface area (Å²) >= 11 is 0. The van der Waals surface area contributed by atoms with E-state index in [4.69, 9.17) is 4.74 Å². The van der Waals surface area contributed by atoms with E-state index in [1.165, 1.54) is 13.2 Å². The first-order chi connectivity index (χ1) is 9.63. The monoisotopic (exact) mass is 268 g/mol. The van der Waals surface area contributed by atoms with Crippen LogP contribution in [0.3, 0.4) is 0 Å². The van der Waals surface area contributed by atoms with Crippen LogP contribution in [0, 0.1) is 6.92 Å². The molecule has 3 nitrogen and oxygen atoms in total. The van der Waals surface area contributed by atoms with E-state index in [0.29, 0.717) is 16.9 Å². The Labute approximate surface area is 118 Å². The van der Waals surface area contributed by atoms with Gasteiger partial charge in [-0.1, -0.05) is 36.4 Å². The lowest BCUT2D eigenvalue weighted by Crippen LogP contribution is -1.97. The minimum absolute atomic E-state index is 0.0313. The van der Waals surface area contributed by atoms with E-state index in [1.54, 1.807) is 30.3 Å². The summed E-state index contributed by atoms with van der Waals surface area (Å²) in [7, 11) is 1.49. The number of para-hydroxylation sites is 1. The molecule has 0 aliphatic rings. The number of hydrogen-bond donors (Lipinski definition) is 1. The van der Waals surface area contributed by atoms with Gasteiger partial charge in [0.25, 0.3) is 0 Å². The fraction of sp³-hybridized carbons (Fsp3) is 0.118. The van der Waals surface area contributed by atoms with E-state index in [0.717, 1.165) is 5.56 Å². The number of aryl methyl sites for hydroxylation is 1. The summed E-state index contributed by atoms with van der Waals surface area (Å²) in [5.74, 6) is 0.324. The number of phenols is 1. The molecule has 1 N–H and O–H groups in total. The number of phenolic OH excluding ortho intramolecular Hbond substituents is 1. The minimum atomic E-state index is -0.0923. The van der Waals surface area contributed by atoms with Crippen molar-refractivity contribution in [2.24, 2.45) is 0 Å². The maximum atomic E-state index is 12.1. The highest BCUT2D eigenvalue weighted by molar-refractivity contribution is 6.07. The number of benzene rings is 2. The van der Waals surface area contributed by atoms with E-state index >= 15 is 0 Å². The fourth-order valence-corrected chi connectivity index (χ4v) is 1.94. The summed E-state index contributed by atoms with van der Waals surface area (Å²) in [6.45, 7) is 1.89. The van der Waals surface area contributed by atoms with Gasteiger partial charge in [0.05, 0.1) is 7.11 Å². The molecule has 0 aromatic heterocycles. The van der Waals surface area contributed by atoms with Crippen molar-refractivity contribution < 1.29 is 14.6 Å². The van der Waals surface area contributed by atoms with Crippen LogP contribution in [0.1, 0.15) is 21.5 Å². The minimum Gasteiger partial charge on any atom is -0.504 e. The molecule has 0 saturated heterocycles. The third-order valence-corrected chi connectivity index (χ3v) is 3.07. The number of carbonyl (C=O) groups excluding carboxylic acids is 1. The number of carbonyl (C=O) groups is 1. The Morgan fingerprint density at radius 2 is 1.90 bits per heavy atom. The van der Waals surface area contributed by atoms with E-state index in [2.05, 4.69) is 0 Å². The number of methoxy groups -OCH3 is 1. The molecule has 102 valence electrons. The van der Waals surface area contributed by atoms with Crippen molar-refractivity contribution in [3.8, 4) is 11.5 Å². The van der Waals surface area contributed by atoms with Crippen LogP contribution in [0.2, 0.25) is 0 Å². The lowest BCUT2D eigenvalue weighted by molar-refractivity contribution is 0.104. The SMILES string of the molecule is COc1cccc(/C=C/C(=O)c2ccccc2C)c1O. The number of hydrogen-bond acceptors (Lipinski definition) is 3. The van der Waals surface area contributed by atoms with Gasteiger partial charge in [-0.25, -0.2) is 0 Å². The zero-order valence-electron chi connectivity index (χ0n) is 11.5. The van der Waals surface area contributed by atoms with Gasteiger partial charge in [0.15, 0.2) is 17.3 Å². The molecule has 0 bridgehead atoms. The molecule has 0 spiro atoms. The van der Waals surface area contributed by atoms with Crippen molar-refractivity contribution in [3.05, 3.63) is 65.2 Å². The van der Waals surface area contributed by atoms with Gasteiger partial charge in [0.2, 0.25) is 0 Å². The first kappa shape index (κ1) is 13.9. The third-order valence-electron chi connectivity index (χ3n) is 3.07. The quantitative estimate of drug-likeness (QED) is 0.680. The van der Waals surface area contributed by atoms with E-state index < -0.39 is 0 Å². The Morgan fingerprint density at radius 1 is 1.15 bits per heavy atom. The Balaban J connectivity index is 2.26. The number of ketones is 1. The second-order valence-corrected chi connectivity index (χ2v) is 4.41. The molecule has 2 rings (SSSR count). The van der Waals surface area contributed by atoms with Gasteiger partial charge in [0.1, 0.15) is 0 Å². The van der Waals surface area contributed by atoms with Crippen molar-refractivity contribution >= 4 is 11.9 Å². The standard InChI is InChI=1S/C17H16O3/c1-12-6-3-4-8-14(12)15(18)11-10-13-7-5-9-16(20-2)17(13)19/h3-11,19H,1-2H3/b11-10+. The van der Waals surface area contributed by atoms with Crippen molar-refractivity contribution in [2.75, 3.05) is 7.11 Å². The molecule has 0 aliphatic heterocycles. The highest BCUT2D eigenvalue weighted by Gasteiger charge is 2.07. The lowest BCUT2D eigenvalue weighted by Gasteiger charge is -2.05. The van der Waals surface area contributed by atoms with E-state index in [9.17, 15) is 9.90 Å². The molecule has 0 saturated carbocycles. The van der Waals surface area contributed by atoms with Crippen LogP contribution in [0.15, 0.2) is 48.5 Å². The average molecular weight is 268 g/mol.